The Labute approximate surface area is 171 Å². The Morgan fingerprint density at radius 1 is 0.852 bits per heavy atom. The minimum atomic E-state index is 0.730. The lowest BCUT2D eigenvalue weighted by Crippen LogP contribution is -2.46. The van der Waals surface area contributed by atoms with Gasteiger partial charge in [-0.25, -0.2) is 9.97 Å². The summed E-state index contributed by atoms with van der Waals surface area (Å²) in [5, 5.41) is 2.92. The van der Waals surface area contributed by atoms with Crippen molar-refractivity contribution in [1.29, 1.82) is 0 Å². The van der Waals surface area contributed by atoms with Crippen molar-refractivity contribution in [3.63, 3.8) is 0 Å². The Balaban J connectivity index is 1.36. The first kappa shape index (κ1) is 17.2. The molecule has 1 aliphatic rings. The van der Waals surface area contributed by atoms with Crippen LogP contribution in [0.15, 0.2) is 30.3 Å². The molecular weight excluding hydrogens is 396 g/mol. The summed E-state index contributed by atoms with van der Waals surface area (Å²) in [6, 6.07) is 10.4. The van der Waals surface area contributed by atoms with Crippen LogP contribution in [0.2, 0.25) is 5.02 Å². The molecule has 2 aromatic heterocycles. The van der Waals surface area contributed by atoms with E-state index in [1.54, 1.807) is 22.7 Å². The van der Waals surface area contributed by atoms with Gasteiger partial charge in [-0.3, -0.25) is 0 Å². The fourth-order valence-electron chi connectivity index (χ4n) is 3.62. The lowest BCUT2D eigenvalue weighted by molar-refractivity contribution is 0.651. The Hall–Kier alpha value is -1.89. The van der Waals surface area contributed by atoms with E-state index in [0.717, 1.165) is 57.2 Å². The van der Waals surface area contributed by atoms with Crippen molar-refractivity contribution >= 4 is 65.0 Å². The summed E-state index contributed by atoms with van der Waals surface area (Å²) in [5.41, 5.74) is 4.62. The molecule has 0 spiro atoms. The molecule has 1 fully saturated rings. The summed E-state index contributed by atoms with van der Waals surface area (Å²) in [6.07, 6.45) is 0. The van der Waals surface area contributed by atoms with Crippen LogP contribution in [0.3, 0.4) is 0 Å². The van der Waals surface area contributed by atoms with Gasteiger partial charge in [0.1, 0.15) is 5.52 Å². The summed E-state index contributed by atoms with van der Waals surface area (Å²) in [4.78, 5) is 14.4. The van der Waals surface area contributed by atoms with E-state index in [-0.39, 0.29) is 0 Å². The number of piperazine rings is 1. The van der Waals surface area contributed by atoms with Gasteiger partial charge in [0.2, 0.25) is 0 Å². The monoisotopic (exact) mass is 414 g/mol. The number of hydrogen-bond acceptors (Lipinski definition) is 6. The third-order valence-electron chi connectivity index (χ3n) is 5.00. The maximum absolute atomic E-state index is 6.29. The van der Waals surface area contributed by atoms with E-state index in [0.29, 0.717) is 0 Å². The first-order valence-corrected chi connectivity index (χ1v) is 11.0. The molecule has 27 heavy (non-hydrogen) atoms. The number of thiazole rings is 2. The van der Waals surface area contributed by atoms with E-state index in [2.05, 4.69) is 41.8 Å². The maximum atomic E-state index is 6.29. The highest BCUT2D eigenvalue weighted by atomic mass is 35.5. The molecule has 3 heterocycles. The number of halogens is 1. The SMILES string of the molecule is Cc1cc(C)c2nc(N3CCN(c4nc5c(Cl)cccc5s4)CC3)sc2c1. The van der Waals surface area contributed by atoms with E-state index in [4.69, 9.17) is 21.6 Å². The minimum Gasteiger partial charge on any atom is -0.345 e. The maximum Gasteiger partial charge on any atom is 0.186 e. The van der Waals surface area contributed by atoms with Gasteiger partial charge in [-0.05, 0) is 43.2 Å². The van der Waals surface area contributed by atoms with Crippen LogP contribution in [0.25, 0.3) is 20.4 Å². The van der Waals surface area contributed by atoms with Crippen LogP contribution in [0.1, 0.15) is 11.1 Å². The smallest absolute Gasteiger partial charge is 0.186 e. The summed E-state index contributed by atoms with van der Waals surface area (Å²) in [5.74, 6) is 0. The van der Waals surface area contributed by atoms with E-state index in [1.807, 2.05) is 12.1 Å². The lowest BCUT2D eigenvalue weighted by atomic mass is 10.1. The number of aryl methyl sites for hydroxylation is 2. The van der Waals surface area contributed by atoms with Crippen LogP contribution < -0.4 is 9.80 Å². The van der Waals surface area contributed by atoms with Crippen LogP contribution >= 0.6 is 34.3 Å². The zero-order chi connectivity index (χ0) is 18.5. The van der Waals surface area contributed by atoms with Gasteiger partial charge < -0.3 is 9.80 Å². The number of para-hydroxylation sites is 1. The zero-order valence-electron chi connectivity index (χ0n) is 15.2. The summed E-state index contributed by atoms with van der Waals surface area (Å²) in [7, 11) is 0. The van der Waals surface area contributed by atoms with Crippen molar-refractivity contribution in [2.75, 3.05) is 36.0 Å². The molecular formula is C20H19ClN4S2. The molecule has 5 rings (SSSR count). The highest BCUT2D eigenvalue weighted by Crippen LogP contribution is 2.35. The minimum absolute atomic E-state index is 0.730. The van der Waals surface area contributed by atoms with E-state index >= 15 is 0 Å². The molecule has 2 aromatic carbocycles. The molecule has 0 N–H and O–H groups in total. The molecule has 0 aliphatic carbocycles. The van der Waals surface area contributed by atoms with Crippen LogP contribution in [-0.2, 0) is 0 Å². The predicted octanol–water partition coefficient (Wildman–Crippen LogP) is 5.50. The van der Waals surface area contributed by atoms with Crippen molar-refractivity contribution in [1.82, 2.24) is 9.97 Å². The first-order chi connectivity index (χ1) is 13.1. The average molecular weight is 415 g/mol. The number of benzene rings is 2. The lowest BCUT2D eigenvalue weighted by Gasteiger charge is -2.34. The van der Waals surface area contributed by atoms with Crippen LogP contribution in [-0.4, -0.2) is 36.1 Å². The van der Waals surface area contributed by atoms with E-state index in [1.165, 1.54) is 15.8 Å². The van der Waals surface area contributed by atoms with Crippen molar-refractivity contribution in [2.24, 2.45) is 0 Å². The largest absolute Gasteiger partial charge is 0.345 e. The highest BCUT2D eigenvalue weighted by molar-refractivity contribution is 7.22. The van der Waals surface area contributed by atoms with Crippen molar-refractivity contribution in [3.05, 3.63) is 46.5 Å². The van der Waals surface area contributed by atoms with E-state index < -0.39 is 0 Å². The van der Waals surface area contributed by atoms with Gasteiger partial charge in [-0.1, -0.05) is 46.4 Å². The Bertz CT molecular complexity index is 1140. The number of anilines is 2. The van der Waals surface area contributed by atoms with Gasteiger partial charge in [-0.15, -0.1) is 0 Å². The topological polar surface area (TPSA) is 32.3 Å². The normalized spacial score (nSPS) is 15.2. The van der Waals surface area contributed by atoms with Gasteiger partial charge in [-0.2, -0.15) is 0 Å². The summed E-state index contributed by atoms with van der Waals surface area (Å²) in [6.45, 7) is 8.11. The second-order valence-electron chi connectivity index (χ2n) is 6.98. The van der Waals surface area contributed by atoms with Gasteiger partial charge in [0.25, 0.3) is 0 Å². The first-order valence-electron chi connectivity index (χ1n) is 9.01. The van der Waals surface area contributed by atoms with E-state index in [9.17, 15) is 0 Å². The zero-order valence-corrected chi connectivity index (χ0v) is 17.6. The molecule has 4 aromatic rings. The number of rotatable bonds is 2. The molecule has 0 bridgehead atoms. The Morgan fingerprint density at radius 3 is 2.15 bits per heavy atom. The molecule has 0 amide bonds. The van der Waals surface area contributed by atoms with Gasteiger partial charge in [0.15, 0.2) is 10.3 Å². The van der Waals surface area contributed by atoms with Gasteiger partial charge in [0, 0.05) is 26.2 Å². The molecule has 4 nitrogen and oxygen atoms in total. The molecule has 138 valence electrons. The number of nitrogens with zero attached hydrogens (tertiary/aromatic N) is 4. The molecule has 0 atom stereocenters. The summed E-state index contributed by atoms with van der Waals surface area (Å²) < 4.78 is 2.43. The molecule has 7 heteroatoms. The number of fused-ring (bicyclic) bond motifs is 2. The van der Waals surface area contributed by atoms with Gasteiger partial charge in [0.05, 0.1) is 19.9 Å². The third-order valence-corrected chi connectivity index (χ3v) is 7.45. The predicted molar refractivity (Wildman–Crippen MR) is 118 cm³/mol. The highest BCUT2D eigenvalue weighted by Gasteiger charge is 2.22. The third kappa shape index (κ3) is 3.06. The molecule has 0 saturated carbocycles. The second kappa shape index (κ2) is 6.62. The van der Waals surface area contributed by atoms with Crippen molar-refractivity contribution < 1.29 is 0 Å². The van der Waals surface area contributed by atoms with Crippen LogP contribution in [0, 0.1) is 13.8 Å². The summed E-state index contributed by atoms with van der Waals surface area (Å²) >= 11 is 9.81. The Kier molecular flexibility index (Phi) is 4.22. The van der Waals surface area contributed by atoms with Crippen molar-refractivity contribution in [2.45, 2.75) is 13.8 Å². The fraction of sp³-hybridized carbons (Fsp3) is 0.300. The number of aromatic nitrogens is 2. The average Bonchev–Trinajstić information content (AvgIpc) is 3.27. The molecule has 1 saturated heterocycles. The molecule has 1 aliphatic heterocycles. The van der Waals surface area contributed by atoms with Crippen LogP contribution in [0.5, 0.6) is 0 Å². The van der Waals surface area contributed by atoms with Crippen LogP contribution in [0.4, 0.5) is 10.3 Å². The quantitative estimate of drug-likeness (QED) is 0.433. The van der Waals surface area contributed by atoms with Gasteiger partial charge >= 0.3 is 0 Å². The Morgan fingerprint density at radius 2 is 1.48 bits per heavy atom. The second-order valence-corrected chi connectivity index (χ2v) is 9.41. The van der Waals surface area contributed by atoms with Crippen molar-refractivity contribution in [3.8, 4) is 0 Å². The molecule has 0 unspecified atom stereocenters. The standard InChI is InChI=1S/C20H19ClN4S2/c1-12-10-13(2)17-16(11-12)27-19(22-17)24-6-8-25(9-7-24)20-23-18-14(21)4-3-5-15(18)26-20/h3-5,10-11H,6-9H2,1-2H3. The fourth-order valence-corrected chi connectivity index (χ4v) is 6.13. The number of hydrogen-bond donors (Lipinski definition) is 0. The molecule has 0 radical (unpaired) electrons.